The van der Waals surface area contributed by atoms with E-state index in [4.69, 9.17) is 0 Å². The lowest BCUT2D eigenvalue weighted by Gasteiger charge is -2.19. The first-order valence-electron chi connectivity index (χ1n) is 6.83. The number of halogens is 2. The van der Waals surface area contributed by atoms with Gasteiger partial charge in [0.1, 0.15) is 5.75 Å². The molecular weight excluding hydrogens is 264 g/mol. The monoisotopic (exact) mass is 285 g/mol. The van der Waals surface area contributed by atoms with Gasteiger partial charge in [0.25, 0.3) is 0 Å². The zero-order valence-electron chi connectivity index (χ0n) is 12.0. The number of ether oxygens (including phenoxy) is 1. The molecule has 1 aromatic carbocycles. The van der Waals surface area contributed by atoms with Gasteiger partial charge in [0.2, 0.25) is 5.91 Å². The Kier molecular flexibility index (Phi) is 6.42. The number of alkyl halides is 2. The van der Waals surface area contributed by atoms with Crippen molar-refractivity contribution in [3.63, 3.8) is 0 Å². The van der Waals surface area contributed by atoms with Crippen LogP contribution < -0.4 is 10.1 Å². The highest BCUT2D eigenvalue weighted by molar-refractivity contribution is 5.78. The Morgan fingerprint density at radius 3 is 2.20 bits per heavy atom. The standard InChI is InChI=1S/C15H21F2NO2/c1-4-11(5-2)14(19)18-10(3)12-6-8-13(9-7-12)20-15(16)17/h6-11,15H,4-5H2,1-3H3,(H,18,19). The fourth-order valence-electron chi connectivity index (χ4n) is 2.01. The number of benzene rings is 1. The van der Waals surface area contributed by atoms with E-state index in [1.807, 2.05) is 20.8 Å². The van der Waals surface area contributed by atoms with E-state index in [-0.39, 0.29) is 23.6 Å². The number of nitrogens with one attached hydrogen (secondary N) is 1. The number of hydrogen-bond acceptors (Lipinski definition) is 2. The number of carbonyl (C=O) groups is 1. The molecule has 0 fully saturated rings. The van der Waals surface area contributed by atoms with Crippen LogP contribution in [0, 0.1) is 5.92 Å². The third-order valence-corrected chi connectivity index (χ3v) is 3.32. The Hall–Kier alpha value is -1.65. The summed E-state index contributed by atoms with van der Waals surface area (Å²) in [5.74, 6) is 0.150. The van der Waals surface area contributed by atoms with Crippen molar-refractivity contribution in [2.24, 2.45) is 5.92 Å². The number of amides is 1. The molecule has 0 aliphatic heterocycles. The van der Waals surface area contributed by atoms with Crippen LogP contribution in [0.25, 0.3) is 0 Å². The average Bonchev–Trinajstić information content (AvgIpc) is 2.40. The summed E-state index contributed by atoms with van der Waals surface area (Å²) in [5, 5.41) is 2.93. The number of hydrogen-bond donors (Lipinski definition) is 1. The molecule has 1 unspecified atom stereocenters. The Balaban J connectivity index is 2.63. The highest BCUT2D eigenvalue weighted by Crippen LogP contribution is 2.20. The van der Waals surface area contributed by atoms with Crippen LogP contribution in [0.15, 0.2) is 24.3 Å². The van der Waals surface area contributed by atoms with Gasteiger partial charge in [-0.1, -0.05) is 26.0 Å². The molecule has 112 valence electrons. The van der Waals surface area contributed by atoms with E-state index in [0.717, 1.165) is 18.4 Å². The van der Waals surface area contributed by atoms with Crippen LogP contribution >= 0.6 is 0 Å². The minimum absolute atomic E-state index is 0.0129. The van der Waals surface area contributed by atoms with Crippen LogP contribution in [0.1, 0.15) is 45.2 Å². The summed E-state index contributed by atoms with van der Waals surface area (Å²) in [6, 6.07) is 6.14. The largest absolute Gasteiger partial charge is 0.435 e. The molecule has 20 heavy (non-hydrogen) atoms. The van der Waals surface area contributed by atoms with E-state index in [2.05, 4.69) is 10.1 Å². The average molecular weight is 285 g/mol. The fourth-order valence-corrected chi connectivity index (χ4v) is 2.01. The Morgan fingerprint density at radius 2 is 1.75 bits per heavy atom. The summed E-state index contributed by atoms with van der Waals surface area (Å²) in [6.07, 6.45) is 1.60. The van der Waals surface area contributed by atoms with Gasteiger partial charge in [-0.3, -0.25) is 4.79 Å². The first kappa shape index (κ1) is 16.4. The molecule has 1 rings (SSSR count). The van der Waals surface area contributed by atoms with Gasteiger partial charge < -0.3 is 10.1 Å². The van der Waals surface area contributed by atoms with Gasteiger partial charge in [-0.15, -0.1) is 0 Å². The number of rotatable bonds is 7. The van der Waals surface area contributed by atoms with Gasteiger partial charge in [-0.05, 0) is 37.5 Å². The maximum atomic E-state index is 12.0. The first-order valence-corrected chi connectivity index (χ1v) is 6.83. The zero-order chi connectivity index (χ0) is 15.1. The van der Waals surface area contributed by atoms with Gasteiger partial charge in [-0.25, -0.2) is 0 Å². The summed E-state index contributed by atoms with van der Waals surface area (Å²) < 4.78 is 28.4. The van der Waals surface area contributed by atoms with Gasteiger partial charge in [0.05, 0.1) is 6.04 Å². The highest BCUT2D eigenvalue weighted by atomic mass is 19.3. The molecule has 1 aromatic rings. The molecule has 3 nitrogen and oxygen atoms in total. The molecule has 0 aromatic heterocycles. The van der Waals surface area contributed by atoms with E-state index in [9.17, 15) is 13.6 Å². The first-order chi connectivity index (χ1) is 9.47. The van der Waals surface area contributed by atoms with Gasteiger partial charge in [-0.2, -0.15) is 8.78 Å². The van der Waals surface area contributed by atoms with Crippen molar-refractivity contribution in [2.45, 2.75) is 46.3 Å². The zero-order valence-corrected chi connectivity index (χ0v) is 12.0. The molecule has 0 bridgehead atoms. The second-order valence-electron chi connectivity index (χ2n) is 4.69. The maximum Gasteiger partial charge on any atom is 0.387 e. The van der Waals surface area contributed by atoms with Crippen molar-refractivity contribution in [1.29, 1.82) is 0 Å². The molecule has 1 atom stereocenters. The van der Waals surface area contributed by atoms with Crippen LogP contribution in [0.4, 0.5) is 8.78 Å². The summed E-state index contributed by atoms with van der Waals surface area (Å²) >= 11 is 0. The minimum Gasteiger partial charge on any atom is -0.435 e. The number of carbonyl (C=O) groups excluding carboxylic acids is 1. The lowest BCUT2D eigenvalue weighted by molar-refractivity contribution is -0.125. The minimum atomic E-state index is -2.83. The Bertz CT molecular complexity index is 416. The molecular formula is C15H21F2NO2. The van der Waals surface area contributed by atoms with E-state index in [1.54, 1.807) is 12.1 Å². The molecule has 0 aliphatic rings. The predicted molar refractivity (Wildman–Crippen MR) is 73.7 cm³/mol. The summed E-state index contributed by atoms with van der Waals surface area (Å²) in [4.78, 5) is 12.0. The van der Waals surface area contributed by atoms with Crippen LogP contribution in [0.3, 0.4) is 0 Å². The summed E-state index contributed by atoms with van der Waals surface area (Å²) in [5.41, 5.74) is 0.853. The van der Waals surface area contributed by atoms with E-state index >= 15 is 0 Å². The molecule has 0 saturated carbocycles. The molecule has 1 amide bonds. The van der Waals surface area contributed by atoms with Crippen molar-refractivity contribution in [3.05, 3.63) is 29.8 Å². The van der Waals surface area contributed by atoms with Gasteiger partial charge in [0, 0.05) is 5.92 Å². The highest BCUT2D eigenvalue weighted by Gasteiger charge is 2.17. The van der Waals surface area contributed by atoms with Gasteiger partial charge >= 0.3 is 6.61 Å². The molecule has 5 heteroatoms. The van der Waals surface area contributed by atoms with Crippen molar-refractivity contribution in [1.82, 2.24) is 5.32 Å². The predicted octanol–water partition coefficient (Wildman–Crippen LogP) is 3.90. The van der Waals surface area contributed by atoms with Crippen molar-refractivity contribution < 1.29 is 18.3 Å². The Labute approximate surface area is 118 Å². The normalized spacial score (nSPS) is 12.6. The second-order valence-corrected chi connectivity index (χ2v) is 4.69. The smallest absolute Gasteiger partial charge is 0.387 e. The molecule has 0 spiro atoms. The van der Waals surface area contributed by atoms with Crippen LogP contribution in [-0.4, -0.2) is 12.5 Å². The molecule has 0 heterocycles. The second kappa shape index (κ2) is 7.82. The van der Waals surface area contributed by atoms with Crippen molar-refractivity contribution in [3.8, 4) is 5.75 Å². The maximum absolute atomic E-state index is 12.0. The van der Waals surface area contributed by atoms with E-state index in [0.29, 0.717) is 0 Å². The SMILES string of the molecule is CCC(CC)C(=O)NC(C)c1ccc(OC(F)F)cc1. The van der Waals surface area contributed by atoms with Crippen LogP contribution in [0.5, 0.6) is 5.75 Å². The molecule has 0 saturated heterocycles. The fraction of sp³-hybridized carbons (Fsp3) is 0.533. The van der Waals surface area contributed by atoms with Gasteiger partial charge in [0.15, 0.2) is 0 Å². The third kappa shape index (κ3) is 4.79. The topological polar surface area (TPSA) is 38.3 Å². The van der Waals surface area contributed by atoms with Crippen molar-refractivity contribution in [2.75, 3.05) is 0 Å². The molecule has 0 aliphatic carbocycles. The molecule has 0 radical (unpaired) electrons. The Morgan fingerprint density at radius 1 is 1.20 bits per heavy atom. The van der Waals surface area contributed by atoms with Crippen molar-refractivity contribution >= 4 is 5.91 Å². The molecule has 1 N–H and O–H groups in total. The quantitative estimate of drug-likeness (QED) is 0.825. The third-order valence-electron chi connectivity index (χ3n) is 3.32. The van der Waals surface area contributed by atoms with E-state index < -0.39 is 6.61 Å². The van der Waals surface area contributed by atoms with E-state index in [1.165, 1.54) is 12.1 Å². The van der Waals surface area contributed by atoms with Crippen LogP contribution in [0.2, 0.25) is 0 Å². The summed E-state index contributed by atoms with van der Waals surface area (Å²) in [7, 11) is 0. The lowest BCUT2D eigenvalue weighted by Crippen LogP contribution is -2.32. The lowest BCUT2D eigenvalue weighted by atomic mass is 10.0. The summed E-state index contributed by atoms with van der Waals surface area (Å²) in [6.45, 7) is 3.00. The van der Waals surface area contributed by atoms with Crippen LogP contribution in [-0.2, 0) is 4.79 Å².